The van der Waals surface area contributed by atoms with Gasteiger partial charge in [0.2, 0.25) is 0 Å². The van der Waals surface area contributed by atoms with Crippen molar-refractivity contribution in [3.8, 4) is 5.75 Å². The fourth-order valence-corrected chi connectivity index (χ4v) is 2.56. The number of hydrogen-bond acceptors (Lipinski definition) is 3. The van der Waals surface area contributed by atoms with Crippen LogP contribution in [-0.4, -0.2) is 5.84 Å². The fourth-order valence-electron chi connectivity index (χ4n) is 2.56. The van der Waals surface area contributed by atoms with E-state index in [2.05, 4.69) is 5.10 Å². The molecule has 1 unspecified atom stereocenters. The maximum atomic E-state index is 12.8. The number of ether oxygens (including phenoxy) is 1. The highest BCUT2D eigenvalue weighted by Gasteiger charge is 2.25. The van der Waals surface area contributed by atoms with Gasteiger partial charge in [-0.05, 0) is 35.4 Å². The number of fused-ring (bicyclic) bond motifs is 1. The van der Waals surface area contributed by atoms with Gasteiger partial charge in [-0.2, -0.15) is 5.10 Å². The summed E-state index contributed by atoms with van der Waals surface area (Å²) in [6, 6.07) is 11.9. The Morgan fingerprint density at radius 3 is 2.77 bits per heavy atom. The zero-order valence-corrected chi connectivity index (χ0v) is 11.7. The summed E-state index contributed by atoms with van der Waals surface area (Å²) in [7, 11) is 0. The van der Waals surface area contributed by atoms with Crippen LogP contribution < -0.4 is 16.3 Å². The van der Waals surface area contributed by atoms with Gasteiger partial charge in [-0.1, -0.05) is 18.2 Å². The standard InChI is InChI=1S/C16H15F2N3O/c17-15(18)10-4-5-13-12(7-10)8-14(22-13)9-2-1-3-11(6-9)16(19)21-20/h1-7,14-15H,8,20H2,(H2,19,21). The number of hydrogen-bond donors (Lipinski definition) is 2. The van der Waals surface area contributed by atoms with Crippen molar-refractivity contribution in [2.45, 2.75) is 19.0 Å². The Morgan fingerprint density at radius 2 is 2.05 bits per heavy atom. The monoisotopic (exact) mass is 303 g/mol. The van der Waals surface area contributed by atoms with Gasteiger partial charge in [0.15, 0.2) is 0 Å². The predicted octanol–water partition coefficient (Wildman–Crippen LogP) is 2.88. The highest BCUT2D eigenvalue weighted by molar-refractivity contribution is 5.97. The van der Waals surface area contributed by atoms with Crippen LogP contribution in [0.15, 0.2) is 47.6 Å². The van der Waals surface area contributed by atoms with E-state index in [4.69, 9.17) is 16.3 Å². The van der Waals surface area contributed by atoms with Gasteiger partial charge in [-0.15, -0.1) is 0 Å². The molecule has 1 aliphatic heterocycles. The third kappa shape index (κ3) is 2.59. The Labute approximate surface area is 126 Å². The van der Waals surface area contributed by atoms with Gasteiger partial charge in [0.05, 0.1) is 0 Å². The number of nitrogens with zero attached hydrogens (tertiary/aromatic N) is 1. The third-order valence-corrected chi connectivity index (χ3v) is 3.70. The molecule has 0 bridgehead atoms. The lowest BCUT2D eigenvalue weighted by Gasteiger charge is -2.12. The molecule has 3 rings (SSSR count). The molecule has 2 aromatic rings. The number of alkyl halides is 2. The summed E-state index contributed by atoms with van der Waals surface area (Å²) in [5.74, 6) is 6.05. The zero-order chi connectivity index (χ0) is 15.7. The van der Waals surface area contributed by atoms with E-state index in [0.29, 0.717) is 17.7 Å². The van der Waals surface area contributed by atoms with Gasteiger partial charge < -0.3 is 16.3 Å². The van der Waals surface area contributed by atoms with Crippen LogP contribution in [0.2, 0.25) is 0 Å². The molecule has 0 aliphatic carbocycles. The van der Waals surface area contributed by atoms with Gasteiger partial charge >= 0.3 is 0 Å². The molecule has 114 valence electrons. The lowest BCUT2D eigenvalue weighted by atomic mass is 10.0. The maximum Gasteiger partial charge on any atom is 0.263 e. The van der Waals surface area contributed by atoms with Crippen LogP contribution in [0.4, 0.5) is 8.78 Å². The van der Waals surface area contributed by atoms with Crippen molar-refractivity contribution in [3.05, 3.63) is 64.7 Å². The summed E-state index contributed by atoms with van der Waals surface area (Å²) in [5, 5.41) is 3.47. The molecule has 0 saturated carbocycles. The number of nitrogens with two attached hydrogens (primary N) is 2. The number of halogens is 2. The molecule has 0 spiro atoms. The topological polar surface area (TPSA) is 73.6 Å². The first-order valence-electron chi connectivity index (χ1n) is 6.80. The number of amidine groups is 1. The average molecular weight is 303 g/mol. The molecule has 4 N–H and O–H groups in total. The largest absolute Gasteiger partial charge is 0.485 e. The van der Waals surface area contributed by atoms with Gasteiger partial charge in [-0.25, -0.2) is 8.78 Å². The summed E-state index contributed by atoms with van der Waals surface area (Å²) in [5.41, 5.74) is 8.10. The Hall–Kier alpha value is -2.63. The van der Waals surface area contributed by atoms with E-state index >= 15 is 0 Å². The van der Waals surface area contributed by atoms with Gasteiger partial charge in [0.25, 0.3) is 6.43 Å². The molecule has 6 heteroatoms. The van der Waals surface area contributed by atoms with Crippen LogP contribution in [-0.2, 0) is 6.42 Å². The van der Waals surface area contributed by atoms with Crippen molar-refractivity contribution in [2.24, 2.45) is 16.7 Å². The average Bonchev–Trinajstić information content (AvgIpc) is 2.97. The van der Waals surface area contributed by atoms with Crippen LogP contribution in [0.25, 0.3) is 0 Å². The van der Waals surface area contributed by atoms with Crippen molar-refractivity contribution in [3.63, 3.8) is 0 Å². The predicted molar refractivity (Wildman–Crippen MR) is 79.8 cm³/mol. The first-order valence-corrected chi connectivity index (χ1v) is 6.80. The van der Waals surface area contributed by atoms with Gasteiger partial charge in [0, 0.05) is 17.5 Å². The normalized spacial score (nSPS) is 17.4. The highest BCUT2D eigenvalue weighted by Crippen LogP contribution is 2.38. The molecule has 0 saturated heterocycles. The second-order valence-corrected chi connectivity index (χ2v) is 5.12. The minimum absolute atomic E-state index is 0.0104. The molecule has 0 radical (unpaired) electrons. The van der Waals surface area contributed by atoms with Crippen LogP contribution >= 0.6 is 0 Å². The van der Waals surface area contributed by atoms with E-state index in [1.54, 1.807) is 12.1 Å². The van der Waals surface area contributed by atoms with Crippen LogP contribution in [0.1, 0.15) is 34.8 Å². The molecule has 2 aromatic carbocycles. The molecule has 4 nitrogen and oxygen atoms in total. The minimum atomic E-state index is -2.48. The van der Waals surface area contributed by atoms with Gasteiger partial charge in [-0.3, -0.25) is 0 Å². The van der Waals surface area contributed by atoms with Crippen molar-refractivity contribution in [1.82, 2.24) is 0 Å². The van der Waals surface area contributed by atoms with E-state index in [-0.39, 0.29) is 17.5 Å². The highest BCUT2D eigenvalue weighted by atomic mass is 19.3. The smallest absolute Gasteiger partial charge is 0.263 e. The molecular weight excluding hydrogens is 288 g/mol. The van der Waals surface area contributed by atoms with Crippen molar-refractivity contribution < 1.29 is 13.5 Å². The van der Waals surface area contributed by atoms with Crippen molar-refractivity contribution in [2.75, 3.05) is 0 Å². The number of benzene rings is 2. The molecule has 1 heterocycles. The fraction of sp³-hybridized carbons (Fsp3) is 0.188. The summed E-state index contributed by atoms with van der Waals surface area (Å²) in [4.78, 5) is 0. The van der Waals surface area contributed by atoms with E-state index in [1.807, 2.05) is 18.2 Å². The SMILES string of the molecule is N/N=C(\N)c1cccc(C2Cc3cc(C(F)F)ccc3O2)c1. The van der Waals surface area contributed by atoms with Crippen molar-refractivity contribution >= 4 is 5.84 Å². The molecule has 0 fully saturated rings. The summed E-state index contributed by atoms with van der Waals surface area (Å²) < 4.78 is 31.4. The van der Waals surface area contributed by atoms with E-state index in [0.717, 1.165) is 11.1 Å². The molecule has 0 amide bonds. The van der Waals surface area contributed by atoms with Crippen LogP contribution in [0.3, 0.4) is 0 Å². The second kappa shape index (κ2) is 5.63. The lowest BCUT2D eigenvalue weighted by Crippen LogP contribution is -2.16. The van der Waals surface area contributed by atoms with Crippen molar-refractivity contribution in [1.29, 1.82) is 0 Å². The lowest BCUT2D eigenvalue weighted by molar-refractivity contribution is 0.151. The van der Waals surface area contributed by atoms with Gasteiger partial charge in [0.1, 0.15) is 17.7 Å². The molecule has 1 aliphatic rings. The number of hydrazone groups is 1. The Morgan fingerprint density at radius 1 is 1.23 bits per heavy atom. The first-order chi connectivity index (χ1) is 10.6. The third-order valence-electron chi connectivity index (χ3n) is 3.70. The minimum Gasteiger partial charge on any atom is -0.485 e. The summed E-state index contributed by atoms with van der Waals surface area (Å²) >= 11 is 0. The molecular formula is C16H15F2N3O. The maximum absolute atomic E-state index is 12.8. The summed E-state index contributed by atoms with van der Waals surface area (Å²) in [6.45, 7) is 0. The molecule has 1 atom stereocenters. The van der Waals surface area contributed by atoms with Crippen LogP contribution in [0, 0.1) is 0 Å². The van der Waals surface area contributed by atoms with E-state index in [9.17, 15) is 8.78 Å². The van der Waals surface area contributed by atoms with Crippen LogP contribution in [0.5, 0.6) is 5.75 Å². The Bertz CT molecular complexity index is 731. The number of rotatable bonds is 3. The van der Waals surface area contributed by atoms with E-state index in [1.165, 1.54) is 12.1 Å². The first kappa shape index (κ1) is 14.3. The Balaban J connectivity index is 1.87. The Kier molecular flexibility index (Phi) is 3.66. The van der Waals surface area contributed by atoms with E-state index < -0.39 is 6.43 Å². The quantitative estimate of drug-likeness (QED) is 0.396. The molecule has 22 heavy (non-hydrogen) atoms. The molecule has 0 aromatic heterocycles. The summed E-state index contributed by atoms with van der Waals surface area (Å²) in [6.07, 6.45) is -2.17. The second-order valence-electron chi connectivity index (χ2n) is 5.12. The zero-order valence-electron chi connectivity index (χ0n) is 11.7.